The van der Waals surface area contributed by atoms with Gasteiger partial charge >= 0.3 is 0 Å². The normalized spacial score (nSPS) is 21.5. The van der Waals surface area contributed by atoms with Crippen LogP contribution in [0.5, 0.6) is 0 Å². The maximum atomic E-state index is 6.19. The highest BCUT2D eigenvalue weighted by Gasteiger charge is 2.39. The Morgan fingerprint density at radius 3 is 2.83 bits per heavy atom. The van der Waals surface area contributed by atoms with Gasteiger partial charge in [0, 0.05) is 18.1 Å². The molecule has 124 valence electrons. The molecule has 2 nitrogen and oxygen atoms in total. The number of nitrogens with zero attached hydrogens (tertiary/aromatic N) is 1. The van der Waals surface area contributed by atoms with Gasteiger partial charge in [-0.1, -0.05) is 48.0 Å². The first-order chi connectivity index (χ1) is 11.7. The Morgan fingerprint density at radius 2 is 2.00 bits per heavy atom. The van der Waals surface area contributed by atoms with Crippen molar-refractivity contribution >= 4 is 28.9 Å². The largest absolute Gasteiger partial charge is 0.362 e. The zero-order valence-electron chi connectivity index (χ0n) is 13.5. The number of piperidine rings is 1. The van der Waals surface area contributed by atoms with Gasteiger partial charge in [0.05, 0.1) is 6.04 Å². The molecule has 1 saturated heterocycles. The van der Waals surface area contributed by atoms with Gasteiger partial charge < -0.3 is 10.2 Å². The maximum Gasteiger partial charge on any atom is 0.169 e. The van der Waals surface area contributed by atoms with E-state index in [9.17, 15) is 0 Å². The summed E-state index contributed by atoms with van der Waals surface area (Å²) in [5.41, 5.74) is 4.18. The fourth-order valence-corrected chi connectivity index (χ4v) is 4.55. The van der Waals surface area contributed by atoms with Gasteiger partial charge in [-0.15, -0.1) is 0 Å². The van der Waals surface area contributed by atoms with E-state index >= 15 is 0 Å². The van der Waals surface area contributed by atoms with Crippen LogP contribution < -0.4 is 5.32 Å². The molecule has 0 aromatic heterocycles. The summed E-state index contributed by atoms with van der Waals surface area (Å²) < 4.78 is 0. The summed E-state index contributed by atoms with van der Waals surface area (Å²) in [4.78, 5) is 2.37. The number of benzene rings is 2. The Kier molecular flexibility index (Phi) is 4.47. The molecule has 1 N–H and O–H groups in total. The van der Waals surface area contributed by atoms with Crippen LogP contribution in [-0.4, -0.2) is 23.1 Å². The fraction of sp³-hybridized carbons (Fsp3) is 0.350. The van der Waals surface area contributed by atoms with E-state index < -0.39 is 0 Å². The van der Waals surface area contributed by atoms with Crippen LogP contribution >= 0.6 is 23.8 Å². The molecule has 1 heterocycles. The molecule has 0 spiro atoms. The van der Waals surface area contributed by atoms with Crippen molar-refractivity contribution in [3.63, 3.8) is 0 Å². The van der Waals surface area contributed by atoms with Gasteiger partial charge in [0.1, 0.15) is 0 Å². The van der Waals surface area contributed by atoms with Crippen molar-refractivity contribution in [1.82, 2.24) is 10.2 Å². The predicted octanol–water partition coefficient (Wildman–Crippen LogP) is 4.69. The van der Waals surface area contributed by atoms with E-state index in [0.717, 1.165) is 42.5 Å². The average molecular weight is 357 g/mol. The Morgan fingerprint density at radius 1 is 1.17 bits per heavy atom. The van der Waals surface area contributed by atoms with Crippen LogP contribution in [-0.2, 0) is 6.42 Å². The molecule has 2 atom stereocenters. The van der Waals surface area contributed by atoms with Gasteiger partial charge in [0.15, 0.2) is 5.11 Å². The molecule has 1 aliphatic carbocycles. The molecule has 0 amide bonds. The third-order valence-corrected chi connectivity index (χ3v) is 5.86. The van der Waals surface area contributed by atoms with Gasteiger partial charge in [-0.25, -0.2) is 0 Å². The lowest BCUT2D eigenvalue weighted by molar-refractivity contribution is 0.246. The molecule has 1 aliphatic heterocycles. The molecule has 2 aromatic rings. The van der Waals surface area contributed by atoms with Gasteiger partial charge in [0.25, 0.3) is 0 Å². The van der Waals surface area contributed by atoms with Crippen LogP contribution in [0, 0.1) is 0 Å². The molecule has 0 saturated carbocycles. The van der Waals surface area contributed by atoms with Gasteiger partial charge in [-0.05, 0) is 66.2 Å². The number of hydrogen-bond acceptors (Lipinski definition) is 1. The number of halogens is 1. The second kappa shape index (κ2) is 6.73. The summed E-state index contributed by atoms with van der Waals surface area (Å²) >= 11 is 11.9. The third-order valence-electron chi connectivity index (χ3n) is 5.24. The van der Waals surface area contributed by atoms with Crippen molar-refractivity contribution in [2.24, 2.45) is 0 Å². The summed E-state index contributed by atoms with van der Waals surface area (Å²) in [7, 11) is 0. The molecule has 24 heavy (non-hydrogen) atoms. The second-order valence-electron chi connectivity index (χ2n) is 6.67. The van der Waals surface area contributed by atoms with Crippen LogP contribution in [0.3, 0.4) is 0 Å². The topological polar surface area (TPSA) is 15.3 Å². The lowest BCUT2D eigenvalue weighted by atomic mass is 9.96. The first-order valence-electron chi connectivity index (χ1n) is 8.60. The van der Waals surface area contributed by atoms with E-state index in [-0.39, 0.29) is 0 Å². The van der Waals surface area contributed by atoms with Crippen molar-refractivity contribution in [2.75, 3.05) is 13.1 Å². The van der Waals surface area contributed by atoms with Crippen molar-refractivity contribution in [2.45, 2.75) is 31.2 Å². The number of nitrogens with one attached hydrogen (secondary N) is 1. The number of hydrogen-bond donors (Lipinski definition) is 1. The quantitative estimate of drug-likeness (QED) is 0.803. The summed E-state index contributed by atoms with van der Waals surface area (Å²) in [6, 6.07) is 17.3. The smallest absolute Gasteiger partial charge is 0.169 e. The number of fused-ring (bicyclic) bond motifs is 5. The number of rotatable bonds is 3. The number of likely N-dealkylation sites (tertiary alicyclic amines) is 1. The third kappa shape index (κ3) is 3.03. The summed E-state index contributed by atoms with van der Waals surface area (Å²) in [5.74, 6) is 0.645. The molecule has 0 unspecified atom stereocenters. The minimum absolute atomic E-state index is 0.410. The lowest BCUT2D eigenvalue weighted by Gasteiger charge is -2.36. The zero-order chi connectivity index (χ0) is 16.5. The molecule has 2 aliphatic rings. The first-order valence-corrected chi connectivity index (χ1v) is 9.39. The van der Waals surface area contributed by atoms with E-state index in [0.29, 0.717) is 12.0 Å². The van der Waals surface area contributed by atoms with E-state index in [2.05, 4.69) is 52.7 Å². The molecule has 1 fully saturated rings. The minimum atomic E-state index is 0.410. The molecular formula is C20H21ClN2S. The zero-order valence-corrected chi connectivity index (χ0v) is 15.1. The standard InChI is InChI=1S/C20H21ClN2S/c21-16-6-7-17-18(13-16)15-9-11-23(19(17)12-15)20(24)22-10-8-14-4-2-1-3-5-14/h1-7,13,15,19H,8-12H2,(H,22,24)/t15-,19-/m1/s1. The maximum absolute atomic E-state index is 6.19. The highest BCUT2D eigenvalue weighted by Crippen LogP contribution is 2.49. The van der Waals surface area contributed by atoms with E-state index in [1.54, 1.807) is 0 Å². The predicted molar refractivity (Wildman–Crippen MR) is 104 cm³/mol. The highest BCUT2D eigenvalue weighted by molar-refractivity contribution is 7.80. The van der Waals surface area contributed by atoms with E-state index in [1.165, 1.54) is 16.7 Å². The lowest BCUT2D eigenvalue weighted by Crippen LogP contribution is -2.44. The fourth-order valence-electron chi connectivity index (χ4n) is 4.05. The van der Waals surface area contributed by atoms with Crippen LogP contribution in [0.15, 0.2) is 48.5 Å². The van der Waals surface area contributed by atoms with E-state index in [4.69, 9.17) is 23.8 Å². The van der Waals surface area contributed by atoms with E-state index in [1.807, 2.05) is 6.07 Å². The molecule has 4 rings (SSSR count). The Balaban J connectivity index is 1.41. The SMILES string of the molecule is S=C(NCCc1ccccc1)N1CC[C@@H]2C[C@@H]1c1ccc(Cl)cc12. The summed E-state index contributed by atoms with van der Waals surface area (Å²) in [6.07, 6.45) is 3.31. The van der Waals surface area contributed by atoms with Crippen molar-refractivity contribution in [1.29, 1.82) is 0 Å². The Labute approximate surface area is 153 Å². The van der Waals surface area contributed by atoms with Crippen molar-refractivity contribution < 1.29 is 0 Å². The monoisotopic (exact) mass is 356 g/mol. The van der Waals surface area contributed by atoms with Crippen LogP contribution in [0.25, 0.3) is 0 Å². The molecule has 4 heteroatoms. The molecular weight excluding hydrogens is 336 g/mol. The van der Waals surface area contributed by atoms with Gasteiger partial charge in [0.2, 0.25) is 0 Å². The highest BCUT2D eigenvalue weighted by atomic mass is 35.5. The first kappa shape index (κ1) is 15.9. The van der Waals surface area contributed by atoms with Crippen LogP contribution in [0.1, 0.15) is 41.5 Å². The second-order valence-corrected chi connectivity index (χ2v) is 7.49. The molecule has 2 aromatic carbocycles. The van der Waals surface area contributed by atoms with Crippen molar-refractivity contribution in [3.05, 3.63) is 70.2 Å². The van der Waals surface area contributed by atoms with Gasteiger partial charge in [-0.2, -0.15) is 0 Å². The van der Waals surface area contributed by atoms with Gasteiger partial charge in [-0.3, -0.25) is 0 Å². The van der Waals surface area contributed by atoms with Crippen LogP contribution in [0.4, 0.5) is 0 Å². The van der Waals surface area contributed by atoms with Crippen molar-refractivity contribution in [3.8, 4) is 0 Å². The average Bonchev–Trinajstić information content (AvgIpc) is 2.88. The Hall–Kier alpha value is -1.58. The molecule has 0 radical (unpaired) electrons. The summed E-state index contributed by atoms with van der Waals surface area (Å²) in [6.45, 7) is 1.90. The number of thiocarbonyl (C=S) groups is 1. The Bertz CT molecular complexity index is 747. The molecule has 2 bridgehead atoms. The van der Waals surface area contributed by atoms with Crippen LogP contribution in [0.2, 0.25) is 5.02 Å². The minimum Gasteiger partial charge on any atom is -0.362 e. The summed E-state index contributed by atoms with van der Waals surface area (Å²) in [5, 5.41) is 5.19.